The van der Waals surface area contributed by atoms with E-state index in [4.69, 9.17) is 9.26 Å². The van der Waals surface area contributed by atoms with Crippen LogP contribution in [-0.2, 0) is 9.09 Å². The number of ether oxygens (including phenoxy) is 1. The molecule has 29 heavy (non-hydrogen) atoms. The van der Waals surface area contributed by atoms with Crippen molar-refractivity contribution in [3.8, 4) is 5.75 Å². The molecule has 0 amide bonds. The molecular formula is C20H27FN3O4P. The van der Waals surface area contributed by atoms with Gasteiger partial charge in [0.25, 0.3) is 0 Å². The molecule has 2 aromatic rings. The van der Waals surface area contributed by atoms with Crippen LogP contribution in [0.25, 0.3) is 0 Å². The quantitative estimate of drug-likeness (QED) is 0.650. The Morgan fingerprint density at radius 3 is 2.83 bits per heavy atom. The Balaban J connectivity index is 1.63. The van der Waals surface area contributed by atoms with E-state index < -0.39 is 19.2 Å². The highest BCUT2D eigenvalue weighted by atomic mass is 31.2. The van der Waals surface area contributed by atoms with Gasteiger partial charge in [0.05, 0.1) is 13.2 Å². The van der Waals surface area contributed by atoms with E-state index in [0.29, 0.717) is 13.1 Å². The fourth-order valence-electron chi connectivity index (χ4n) is 3.24. The number of nitrogens with zero attached hydrogens (tertiary/aromatic N) is 3. The van der Waals surface area contributed by atoms with Crippen LogP contribution >= 0.6 is 7.52 Å². The normalized spacial score (nSPS) is 20.8. The summed E-state index contributed by atoms with van der Waals surface area (Å²) in [6.45, 7) is 5.29. The fourth-order valence-corrected chi connectivity index (χ4v) is 5.69. The van der Waals surface area contributed by atoms with Gasteiger partial charge < -0.3 is 19.3 Å². The number of aliphatic hydroxyl groups excluding tert-OH is 1. The molecular weight excluding hydrogens is 396 g/mol. The first-order chi connectivity index (χ1) is 13.8. The second-order valence-corrected chi connectivity index (χ2v) is 9.57. The lowest BCUT2D eigenvalue weighted by molar-refractivity contribution is 0.210. The number of pyridine rings is 1. The Morgan fingerprint density at radius 2 is 2.17 bits per heavy atom. The highest BCUT2D eigenvalue weighted by molar-refractivity contribution is 7.56. The highest BCUT2D eigenvalue weighted by Gasteiger charge is 2.45. The summed E-state index contributed by atoms with van der Waals surface area (Å²) in [5.74, 6) is -1.16. The topological polar surface area (TPSA) is 75.1 Å². The van der Waals surface area contributed by atoms with E-state index in [1.165, 1.54) is 12.1 Å². The zero-order chi connectivity index (χ0) is 21.0. The minimum absolute atomic E-state index is 0.0541. The molecule has 1 aliphatic rings. The van der Waals surface area contributed by atoms with Crippen molar-refractivity contribution >= 4 is 13.3 Å². The van der Waals surface area contributed by atoms with Crippen molar-refractivity contribution in [3.63, 3.8) is 0 Å². The number of hydrogen-bond acceptors (Lipinski definition) is 6. The van der Waals surface area contributed by atoms with Gasteiger partial charge in [-0.2, -0.15) is 0 Å². The summed E-state index contributed by atoms with van der Waals surface area (Å²) in [5.41, 5.74) is 0.205. The lowest BCUT2D eigenvalue weighted by Crippen LogP contribution is -2.26. The summed E-state index contributed by atoms with van der Waals surface area (Å²) in [6, 6.07) is 9.67. The van der Waals surface area contributed by atoms with Crippen LogP contribution in [0.4, 0.5) is 10.2 Å². The summed E-state index contributed by atoms with van der Waals surface area (Å²) in [4.78, 5) is 6.14. The average Bonchev–Trinajstić information content (AvgIpc) is 3.12. The first-order valence-electron chi connectivity index (χ1n) is 9.57. The van der Waals surface area contributed by atoms with Gasteiger partial charge in [-0.1, -0.05) is 12.1 Å². The van der Waals surface area contributed by atoms with Crippen LogP contribution in [0.2, 0.25) is 0 Å². The van der Waals surface area contributed by atoms with E-state index >= 15 is 0 Å². The fraction of sp³-hybridized carbons (Fsp3) is 0.450. The monoisotopic (exact) mass is 423 g/mol. The standard InChI is InChI=1S/C20H27FN3O4P/c1-15(2)24-11-13-28-29(24,26)20(25)16-7-8-18(17(21)14-16)27-12-10-23(3)19-6-4-5-9-22-19/h4-9,14-15,20,25H,10-13H2,1-3H3. The maximum atomic E-state index is 14.5. The smallest absolute Gasteiger partial charge is 0.305 e. The zero-order valence-corrected chi connectivity index (χ0v) is 17.8. The van der Waals surface area contributed by atoms with Gasteiger partial charge in [0.2, 0.25) is 0 Å². The maximum absolute atomic E-state index is 14.5. The van der Waals surface area contributed by atoms with Crippen LogP contribution in [0.15, 0.2) is 42.6 Å². The van der Waals surface area contributed by atoms with E-state index in [-0.39, 0.29) is 30.6 Å². The molecule has 0 aliphatic carbocycles. The molecule has 1 saturated heterocycles. The summed E-state index contributed by atoms with van der Waals surface area (Å²) >= 11 is 0. The number of rotatable bonds is 8. The minimum Gasteiger partial charge on any atom is -0.489 e. The van der Waals surface area contributed by atoms with Crippen molar-refractivity contribution in [1.82, 2.24) is 9.65 Å². The molecule has 9 heteroatoms. The molecule has 1 fully saturated rings. The molecule has 158 valence electrons. The number of halogens is 1. The largest absolute Gasteiger partial charge is 0.489 e. The number of benzene rings is 1. The van der Waals surface area contributed by atoms with Crippen molar-refractivity contribution in [2.45, 2.75) is 25.7 Å². The third kappa shape index (κ3) is 4.78. The van der Waals surface area contributed by atoms with Gasteiger partial charge in [-0.3, -0.25) is 4.57 Å². The predicted octanol–water partition coefficient (Wildman–Crippen LogP) is 3.66. The lowest BCUT2D eigenvalue weighted by Gasteiger charge is -2.29. The molecule has 1 N–H and O–H groups in total. The summed E-state index contributed by atoms with van der Waals surface area (Å²) in [6.07, 6.45) is 1.70. The second-order valence-electron chi connectivity index (χ2n) is 7.18. The van der Waals surface area contributed by atoms with Gasteiger partial charge in [-0.05, 0) is 43.7 Å². The van der Waals surface area contributed by atoms with Gasteiger partial charge in [0.1, 0.15) is 12.4 Å². The molecule has 2 unspecified atom stereocenters. The van der Waals surface area contributed by atoms with Crippen LogP contribution in [-0.4, -0.2) is 54.2 Å². The van der Waals surface area contributed by atoms with E-state index in [1.54, 1.807) is 10.9 Å². The molecule has 3 rings (SSSR count). The van der Waals surface area contributed by atoms with Gasteiger partial charge in [-0.25, -0.2) is 14.0 Å². The third-order valence-electron chi connectivity index (χ3n) is 4.84. The highest BCUT2D eigenvalue weighted by Crippen LogP contribution is 2.64. The number of aromatic nitrogens is 1. The van der Waals surface area contributed by atoms with Crippen LogP contribution in [0.5, 0.6) is 5.75 Å². The molecule has 1 aliphatic heterocycles. The molecule has 2 atom stereocenters. The molecule has 0 saturated carbocycles. The van der Waals surface area contributed by atoms with Crippen molar-refractivity contribution in [1.29, 1.82) is 0 Å². The van der Waals surface area contributed by atoms with E-state index in [9.17, 15) is 14.1 Å². The van der Waals surface area contributed by atoms with Crippen molar-refractivity contribution in [3.05, 3.63) is 54.0 Å². The Labute approximate surface area is 170 Å². The number of hydrogen-bond donors (Lipinski definition) is 1. The molecule has 0 radical (unpaired) electrons. The van der Waals surface area contributed by atoms with Crippen molar-refractivity contribution in [2.75, 3.05) is 38.3 Å². The average molecular weight is 423 g/mol. The predicted molar refractivity (Wildman–Crippen MR) is 110 cm³/mol. The summed E-state index contributed by atoms with van der Waals surface area (Å²) < 4.78 is 40.3. The van der Waals surface area contributed by atoms with Gasteiger partial charge in [-0.15, -0.1) is 0 Å². The SMILES string of the molecule is CC(C)N1CCOP1(=O)C(O)c1ccc(OCCN(C)c2ccccn2)c(F)c1. The van der Waals surface area contributed by atoms with Crippen molar-refractivity contribution in [2.24, 2.45) is 0 Å². The Kier molecular flexibility index (Phi) is 6.90. The summed E-state index contributed by atoms with van der Waals surface area (Å²) in [5, 5.41) is 10.6. The second kappa shape index (κ2) is 9.22. The molecule has 2 heterocycles. The van der Waals surface area contributed by atoms with E-state index in [1.807, 2.05) is 44.0 Å². The van der Waals surface area contributed by atoms with Crippen LogP contribution < -0.4 is 9.64 Å². The summed E-state index contributed by atoms with van der Waals surface area (Å²) in [7, 11) is -1.61. The minimum atomic E-state index is -3.48. The molecule has 7 nitrogen and oxygen atoms in total. The molecule has 0 spiro atoms. The molecule has 1 aromatic heterocycles. The first kappa shape index (κ1) is 21.7. The number of likely N-dealkylation sites (N-methyl/N-ethyl adjacent to an activating group) is 1. The Hall–Kier alpha value is -1.99. The van der Waals surface area contributed by atoms with Crippen LogP contribution in [0.3, 0.4) is 0 Å². The van der Waals surface area contributed by atoms with Gasteiger partial charge >= 0.3 is 7.52 Å². The van der Waals surface area contributed by atoms with Gasteiger partial charge in [0.15, 0.2) is 17.4 Å². The van der Waals surface area contributed by atoms with Crippen LogP contribution in [0.1, 0.15) is 25.3 Å². The van der Waals surface area contributed by atoms with E-state index in [0.717, 1.165) is 11.9 Å². The van der Waals surface area contributed by atoms with Crippen molar-refractivity contribution < 1.29 is 23.3 Å². The van der Waals surface area contributed by atoms with Gasteiger partial charge in [0, 0.05) is 25.8 Å². The Bertz CT molecular complexity index is 868. The number of anilines is 1. The Morgan fingerprint density at radius 1 is 1.38 bits per heavy atom. The van der Waals surface area contributed by atoms with Crippen LogP contribution in [0, 0.1) is 5.82 Å². The maximum Gasteiger partial charge on any atom is 0.305 e. The molecule has 0 bridgehead atoms. The lowest BCUT2D eigenvalue weighted by atomic mass is 10.2. The van der Waals surface area contributed by atoms with E-state index in [2.05, 4.69) is 4.98 Å². The molecule has 1 aromatic carbocycles. The number of aliphatic hydroxyl groups is 1. The first-order valence-corrected chi connectivity index (χ1v) is 11.2. The third-order valence-corrected chi connectivity index (χ3v) is 7.69. The zero-order valence-electron chi connectivity index (χ0n) is 16.9.